The molecule has 0 bridgehead atoms. The maximum Gasteiger partial charge on any atom is 0.254 e. The summed E-state index contributed by atoms with van der Waals surface area (Å²) in [4.78, 5) is 14.4. The van der Waals surface area contributed by atoms with Crippen molar-refractivity contribution in [1.82, 2.24) is 4.90 Å². The fourth-order valence-corrected chi connectivity index (χ4v) is 2.39. The maximum atomic E-state index is 12.5. The molecule has 1 aromatic carbocycles. The molecule has 2 N–H and O–H groups in total. The summed E-state index contributed by atoms with van der Waals surface area (Å²) in [5.41, 5.74) is 6.77. The second kappa shape index (κ2) is 5.80. The number of nitrogens with zero attached hydrogens (tertiary/aromatic N) is 1. The number of hydrogen-bond acceptors (Lipinski definition) is 3. The fraction of sp³-hybridized carbons (Fsp3) is 0.500. The average Bonchev–Trinajstić information content (AvgIpc) is 2.41. The summed E-state index contributed by atoms with van der Waals surface area (Å²) in [6.45, 7) is 5.23. The molecule has 0 saturated carbocycles. The zero-order valence-electron chi connectivity index (χ0n) is 11.2. The van der Waals surface area contributed by atoms with E-state index >= 15 is 0 Å². The Morgan fingerprint density at radius 1 is 1.58 bits per heavy atom. The molecule has 0 radical (unpaired) electrons. The smallest absolute Gasteiger partial charge is 0.254 e. The molecule has 2 rings (SSSR count). The van der Waals surface area contributed by atoms with Crippen molar-refractivity contribution in [3.63, 3.8) is 0 Å². The highest BCUT2D eigenvalue weighted by atomic mass is 35.5. The van der Waals surface area contributed by atoms with Gasteiger partial charge in [0.15, 0.2) is 0 Å². The Morgan fingerprint density at radius 3 is 2.95 bits per heavy atom. The third-order valence-corrected chi connectivity index (χ3v) is 3.79. The minimum Gasteiger partial charge on any atom is -0.398 e. The highest BCUT2D eigenvalue weighted by Crippen LogP contribution is 2.23. The van der Waals surface area contributed by atoms with Crippen LogP contribution in [-0.4, -0.2) is 36.1 Å². The van der Waals surface area contributed by atoms with E-state index in [0.717, 1.165) is 6.42 Å². The molecule has 0 spiro atoms. The van der Waals surface area contributed by atoms with E-state index in [4.69, 9.17) is 22.1 Å². The average molecular weight is 283 g/mol. The summed E-state index contributed by atoms with van der Waals surface area (Å²) in [7, 11) is 0. The highest BCUT2D eigenvalue weighted by Gasteiger charge is 2.30. The van der Waals surface area contributed by atoms with Crippen LogP contribution in [-0.2, 0) is 4.74 Å². The molecule has 1 aliphatic rings. The predicted molar refractivity (Wildman–Crippen MR) is 76.4 cm³/mol. The number of halogens is 1. The van der Waals surface area contributed by atoms with Gasteiger partial charge in [0.2, 0.25) is 0 Å². The van der Waals surface area contributed by atoms with Crippen LogP contribution >= 0.6 is 11.6 Å². The summed E-state index contributed by atoms with van der Waals surface area (Å²) in [6, 6.07) is 5.14. The molecule has 104 valence electrons. The van der Waals surface area contributed by atoms with Crippen LogP contribution in [0.4, 0.5) is 5.69 Å². The van der Waals surface area contributed by atoms with Crippen molar-refractivity contribution in [3.05, 3.63) is 28.8 Å². The number of carbonyl (C=O) groups excluding carboxylic acids is 1. The summed E-state index contributed by atoms with van der Waals surface area (Å²) >= 11 is 5.88. The first-order valence-electron chi connectivity index (χ1n) is 6.50. The van der Waals surface area contributed by atoms with Gasteiger partial charge in [0.05, 0.1) is 29.5 Å². The van der Waals surface area contributed by atoms with Crippen LogP contribution in [0.2, 0.25) is 5.02 Å². The summed E-state index contributed by atoms with van der Waals surface area (Å²) in [5, 5.41) is 0.471. The van der Waals surface area contributed by atoms with Gasteiger partial charge < -0.3 is 15.4 Å². The molecule has 1 fully saturated rings. The van der Waals surface area contributed by atoms with Gasteiger partial charge in [0, 0.05) is 12.1 Å². The lowest BCUT2D eigenvalue weighted by molar-refractivity contribution is -0.0444. The van der Waals surface area contributed by atoms with Crippen molar-refractivity contribution in [2.24, 2.45) is 0 Å². The molecule has 4 nitrogen and oxygen atoms in total. The van der Waals surface area contributed by atoms with E-state index < -0.39 is 0 Å². The largest absolute Gasteiger partial charge is 0.398 e. The van der Waals surface area contributed by atoms with Crippen molar-refractivity contribution < 1.29 is 9.53 Å². The first kappa shape index (κ1) is 14.2. The van der Waals surface area contributed by atoms with E-state index in [1.165, 1.54) is 0 Å². The Bertz CT molecular complexity index is 479. The van der Waals surface area contributed by atoms with Crippen LogP contribution in [0.1, 0.15) is 30.6 Å². The first-order chi connectivity index (χ1) is 9.02. The Hall–Kier alpha value is -1.26. The third kappa shape index (κ3) is 3.01. The van der Waals surface area contributed by atoms with Gasteiger partial charge in [0.1, 0.15) is 0 Å². The zero-order chi connectivity index (χ0) is 14.0. The van der Waals surface area contributed by atoms with Crippen LogP contribution in [0.15, 0.2) is 18.2 Å². The second-order valence-electron chi connectivity index (χ2n) is 4.90. The number of carbonyl (C=O) groups is 1. The van der Waals surface area contributed by atoms with Crippen LogP contribution in [0, 0.1) is 0 Å². The number of anilines is 1. The Kier molecular flexibility index (Phi) is 4.32. The zero-order valence-corrected chi connectivity index (χ0v) is 12.0. The molecule has 1 aromatic rings. The monoisotopic (exact) mass is 282 g/mol. The number of nitrogen functional groups attached to an aromatic ring is 1. The van der Waals surface area contributed by atoms with Gasteiger partial charge in [-0.25, -0.2) is 0 Å². The molecular weight excluding hydrogens is 264 g/mol. The summed E-state index contributed by atoms with van der Waals surface area (Å²) in [6.07, 6.45) is 0.943. The van der Waals surface area contributed by atoms with Crippen molar-refractivity contribution in [2.75, 3.05) is 18.9 Å². The topological polar surface area (TPSA) is 55.6 Å². The number of ether oxygens (including phenoxy) is 1. The lowest BCUT2D eigenvalue weighted by atomic mass is 10.1. The van der Waals surface area contributed by atoms with Gasteiger partial charge in [-0.2, -0.15) is 0 Å². The Labute approximate surface area is 118 Å². The number of benzene rings is 1. The maximum absolute atomic E-state index is 12.5. The van der Waals surface area contributed by atoms with Gasteiger partial charge in [-0.15, -0.1) is 0 Å². The normalized spacial score (nSPS) is 23.4. The minimum absolute atomic E-state index is 0.00892. The highest BCUT2D eigenvalue weighted by molar-refractivity contribution is 6.33. The van der Waals surface area contributed by atoms with E-state index in [1.54, 1.807) is 18.2 Å². The van der Waals surface area contributed by atoms with Crippen LogP contribution < -0.4 is 5.73 Å². The molecule has 1 saturated heterocycles. The first-order valence-corrected chi connectivity index (χ1v) is 6.88. The molecule has 2 unspecified atom stereocenters. The van der Waals surface area contributed by atoms with Crippen LogP contribution in [0.3, 0.4) is 0 Å². The van der Waals surface area contributed by atoms with E-state index in [9.17, 15) is 4.79 Å². The number of rotatable bonds is 2. The van der Waals surface area contributed by atoms with Crippen molar-refractivity contribution in [1.29, 1.82) is 0 Å². The van der Waals surface area contributed by atoms with E-state index in [0.29, 0.717) is 29.4 Å². The van der Waals surface area contributed by atoms with Crippen molar-refractivity contribution >= 4 is 23.2 Å². The molecule has 0 aliphatic carbocycles. The Morgan fingerprint density at radius 2 is 2.32 bits per heavy atom. The molecule has 1 aliphatic heterocycles. The van der Waals surface area contributed by atoms with Gasteiger partial charge in [-0.3, -0.25) is 4.79 Å². The van der Waals surface area contributed by atoms with E-state index in [1.807, 2.05) is 11.8 Å². The SMILES string of the molecule is CCC1COC(C)CN1C(=O)c1ccc(Cl)c(N)c1. The molecular formula is C14H19ClN2O2. The number of morpholine rings is 1. The van der Waals surface area contributed by atoms with Gasteiger partial charge >= 0.3 is 0 Å². The standard InChI is InChI=1S/C14H19ClN2O2/c1-3-11-8-19-9(2)7-17(11)14(18)10-4-5-12(15)13(16)6-10/h4-6,9,11H,3,7-8,16H2,1-2H3. The quantitative estimate of drug-likeness (QED) is 0.848. The molecule has 5 heteroatoms. The third-order valence-electron chi connectivity index (χ3n) is 3.44. The van der Waals surface area contributed by atoms with Gasteiger partial charge in [0.25, 0.3) is 5.91 Å². The van der Waals surface area contributed by atoms with Gasteiger partial charge in [-0.1, -0.05) is 18.5 Å². The van der Waals surface area contributed by atoms with Gasteiger partial charge in [-0.05, 0) is 31.5 Å². The second-order valence-corrected chi connectivity index (χ2v) is 5.31. The number of nitrogens with two attached hydrogens (primary N) is 1. The molecule has 1 heterocycles. The van der Waals surface area contributed by atoms with Crippen LogP contribution in [0.5, 0.6) is 0 Å². The predicted octanol–water partition coefficient (Wildman–Crippen LogP) is 2.56. The van der Waals surface area contributed by atoms with Crippen LogP contribution in [0.25, 0.3) is 0 Å². The molecule has 19 heavy (non-hydrogen) atoms. The molecule has 1 amide bonds. The lowest BCUT2D eigenvalue weighted by Gasteiger charge is -2.38. The van der Waals surface area contributed by atoms with Crippen molar-refractivity contribution in [3.8, 4) is 0 Å². The lowest BCUT2D eigenvalue weighted by Crippen LogP contribution is -2.51. The summed E-state index contributed by atoms with van der Waals surface area (Å²) < 4.78 is 5.60. The van der Waals surface area contributed by atoms with Crippen molar-refractivity contribution in [2.45, 2.75) is 32.4 Å². The Balaban J connectivity index is 2.23. The molecule has 2 atom stereocenters. The number of hydrogen-bond donors (Lipinski definition) is 1. The van der Waals surface area contributed by atoms with E-state index in [-0.39, 0.29) is 18.1 Å². The molecule has 0 aromatic heterocycles. The number of amides is 1. The summed E-state index contributed by atoms with van der Waals surface area (Å²) in [5.74, 6) is -0.00892. The fourth-order valence-electron chi connectivity index (χ4n) is 2.27. The minimum atomic E-state index is -0.00892. The van der Waals surface area contributed by atoms with E-state index in [2.05, 4.69) is 6.92 Å².